The van der Waals surface area contributed by atoms with Crippen LogP contribution in [-0.4, -0.2) is 60.6 Å². The van der Waals surface area contributed by atoms with E-state index < -0.39 is 12.7 Å². The van der Waals surface area contributed by atoms with Gasteiger partial charge in [0.15, 0.2) is 0 Å². The highest BCUT2D eigenvalue weighted by atomic mass is 79.9. The first-order valence-corrected chi connectivity index (χ1v) is 10.1. The normalized spacial score (nSPS) is 12.1. The highest BCUT2D eigenvalue weighted by Gasteiger charge is 2.19. The van der Waals surface area contributed by atoms with Gasteiger partial charge in [-0.15, -0.1) is 10.2 Å². The predicted molar refractivity (Wildman–Crippen MR) is 117 cm³/mol. The van der Waals surface area contributed by atoms with Crippen LogP contribution in [0.15, 0.2) is 46.9 Å². The lowest BCUT2D eigenvalue weighted by atomic mass is 10.1. The molecule has 4 rings (SSSR count). The average Bonchev–Trinajstić information content (AvgIpc) is 3.42. The molecule has 0 saturated heterocycles. The second-order valence-corrected chi connectivity index (χ2v) is 7.73. The van der Waals surface area contributed by atoms with Gasteiger partial charge < -0.3 is 24.8 Å². The summed E-state index contributed by atoms with van der Waals surface area (Å²) in [6, 6.07) is 12.5. The van der Waals surface area contributed by atoms with E-state index in [-0.39, 0.29) is 12.5 Å². The molecule has 2 aromatic heterocycles. The van der Waals surface area contributed by atoms with E-state index in [2.05, 4.69) is 41.9 Å². The number of nitrogens with one attached hydrogen (secondary N) is 2. The molecule has 0 aliphatic rings. The van der Waals surface area contributed by atoms with Crippen LogP contribution in [0.25, 0.3) is 22.3 Å². The van der Waals surface area contributed by atoms with Crippen molar-refractivity contribution in [2.45, 2.75) is 6.10 Å². The van der Waals surface area contributed by atoms with Crippen LogP contribution in [0, 0.1) is 0 Å². The first-order chi connectivity index (χ1) is 15.0. The second kappa shape index (κ2) is 8.84. The molecule has 2 heterocycles. The number of fused-ring (bicyclic) bond motifs is 1. The van der Waals surface area contributed by atoms with Gasteiger partial charge in [-0.05, 0) is 35.5 Å². The van der Waals surface area contributed by atoms with Crippen molar-refractivity contribution in [3.8, 4) is 17.1 Å². The largest absolute Gasteiger partial charge is 0.489 e. The van der Waals surface area contributed by atoms with E-state index in [1.165, 1.54) is 0 Å². The molecule has 2 aromatic carbocycles. The highest BCUT2D eigenvalue weighted by Crippen LogP contribution is 2.31. The summed E-state index contributed by atoms with van der Waals surface area (Å²) in [5.41, 5.74) is 2.25. The number of para-hydroxylation sites is 1. The zero-order valence-electron chi connectivity index (χ0n) is 16.4. The topological polar surface area (TPSA) is 138 Å². The number of aromatic nitrogens is 5. The quantitative estimate of drug-likeness (QED) is 0.313. The summed E-state index contributed by atoms with van der Waals surface area (Å²) in [5, 5.41) is 36.3. The van der Waals surface area contributed by atoms with Crippen molar-refractivity contribution >= 4 is 38.4 Å². The standard InChI is InChI=1S/C20H19BrN6O4/c1-27-16(7-11-3-2-4-17(18(11)27)31-10-13(29)9-28)20(30)22-15-6-5-12(21)8-14(15)19-23-25-26-24-19/h2-8,13,28-29H,9-10H2,1H3,(H,22,30)(H,23,24,25,26)/t13-/m0/s1. The van der Waals surface area contributed by atoms with Crippen LogP contribution in [0.5, 0.6) is 5.75 Å². The molecular weight excluding hydrogens is 468 g/mol. The first kappa shape index (κ1) is 21.0. The van der Waals surface area contributed by atoms with Crippen LogP contribution in [-0.2, 0) is 7.05 Å². The van der Waals surface area contributed by atoms with Gasteiger partial charge in [-0.1, -0.05) is 28.1 Å². The van der Waals surface area contributed by atoms with Gasteiger partial charge in [0.2, 0.25) is 5.82 Å². The van der Waals surface area contributed by atoms with Gasteiger partial charge in [-0.2, -0.15) is 5.21 Å². The van der Waals surface area contributed by atoms with E-state index in [1.807, 2.05) is 6.07 Å². The monoisotopic (exact) mass is 486 g/mol. The minimum absolute atomic E-state index is 0.0602. The smallest absolute Gasteiger partial charge is 0.272 e. The number of halogens is 1. The average molecular weight is 487 g/mol. The van der Waals surface area contributed by atoms with Gasteiger partial charge in [-0.25, -0.2) is 0 Å². The molecule has 11 heteroatoms. The van der Waals surface area contributed by atoms with Crippen molar-refractivity contribution in [1.82, 2.24) is 25.2 Å². The van der Waals surface area contributed by atoms with Crippen molar-refractivity contribution in [2.75, 3.05) is 18.5 Å². The summed E-state index contributed by atoms with van der Waals surface area (Å²) >= 11 is 3.42. The number of aryl methyl sites for hydroxylation is 1. The molecule has 31 heavy (non-hydrogen) atoms. The van der Waals surface area contributed by atoms with E-state index in [1.54, 1.807) is 48.0 Å². The van der Waals surface area contributed by atoms with Crippen LogP contribution < -0.4 is 10.1 Å². The Morgan fingerprint density at radius 3 is 2.90 bits per heavy atom. The summed E-state index contributed by atoms with van der Waals surface area (Å²) in [6.07, 6.45) is -0.987. The number of tetrazole rings is 1. The number of aliphatic hydroxyl groups is 2. The lowest BCUT2D eigenvalue weighted by Crippen LogP contribution is -2.21. The zero-order chi connectivity index (χ0) is 22.0. The van der Waals surface area contributed by atoms with E-state index in [4.69, 9.17) is 9.84 Å². The molecule has 0 bridgehead atoms. The molecule has 0 radical (unpaired) electrons. The molecule has 10 nitrogen and oxygen atoms in total. The Morgan fingerprint density at radius 2 is 2.16 bits per heavy atom. The number of nitrogens with zero attached hydrogens (tertiary/aromatic N) is 4. The van der Waals surface area contributed by atoms with Crippen LogP contribution in [0.3, 0.4) is 0 Å². The van der Waals surface area contributed by atoms with E-state index in [0.29, 0.717) is 34.0 Å². The first-order valence-electron chi connectivity index (χ1n) is 9.33. The Balaban J connectivity index is 1.66. The van der Waals surface area contributed by atoms with Crippen LogP contribution in [0.2, 0.25) is 0 Å². The van der Waals surface area contributed by atoms with Crippen LogP contribution in [0.1, 0.15) is 10.5 Å². The van der Waals surface area contributed by atoms with Gasteiger partial charge in [0.05, 0.1) is 17.8 Å². The number of anilines is 1. The molecule has 4 aromatic rings. The van der Waals surface area contributed by atoms with Gasteiger partial charge in [-0.3, -0.25) is 4.79 Å². The fourth-order valence-corrected chi connectivity index (χ4v) is 3.59. The van der Waals surface area contributed by atoms with Crippen molar-refractivity contribution in [1.29, 1.82) is 0 Å². The Labute approximate surface area is 185 Å². The molecule has 1 amide bonds. The third-order valence-corrected chi connectivity index (χ3v) is 5.20. The Bertz CT molecular complexity index is 1220. The lowest BCUT2D eigenvalue weighted by Gasteiger charge is -2.13. The number of H-pyrrole nitrogens is 1. The minimum atomic E-state index is -0.987. The number of hydrogen-bond acceptors (Lipinski definition) is 7. The maximum Gasteiger partial charge on any atom is 0.272 e. The number of aliphatic hydroxyl groups excluding tert-OH is 2. The summed E-state index contributed by atoms with van der Waals surface area (Å²) < 4.78 is 8.18. The van der Waals surface area contributed by atoms with Crippen molar-refractivity contribution in [3.05, 3.63) is 52.6 Å². The molecule has 0 saturated carbocycles. The maximum absolute atomic E-state index is 13.1. The number of carbonyl (C=O) groups is 1. The summed E-state index contributed by atoms with van der Waals surface area (Å²) in [7, 11) is 1.76. The van der Waals surface area contributed by atoms with E-state index >= 15 is 0 Å². The Hall–Kier alpha value is -3.28. The molecular formula is C20H19BrN6O4. The highest BCUT2D eigenvalue weighted by molar-refractivity contribution is 9.10. The predicted octanol–water partition coefficient (Wildman–Crippen LogP) is 2.11. The number of carbonyl (C=O) groups excluding carboxylic acids is 1. The van der Waals surface area contributed by atoms with Gasteiger partial charge in [0, 0.05) is 22.5 Å². The summed E-state index contributed by atoms with van der Waals surface area (Å²) in [4.78, 5) is 13.1. The Kier molecular flexibility index (Phi) is 5.98. The number of aromatic amines is 1. The van der Waals surface area contributed by atoms with Crippen molar-refractivity contribution < 1.29 is 19.7 Å². The van der Waals surface area contributed by atoms with Gasteiger partial charge in [0.25, 0.3) is 5.91 Å². The fourth-order valence-electron chi connectivity index (χ4n) is 3.23. The zero-order valence-corrected chi connectivity index (χ0v) is 18.0. The molecule has 0 spiro atoms. The molecule has 0 aliphatic heterocycles. The SMILES string of the molecule is Cn1c(C(=O)Nc2ccc(Br)cc2-c2nn[nH]n2)cc2cccc(OC[C@@H](O)CO)c21. The second-order valence-electron chi connectivity index (χ2n) is 6.81. The van der Waals surface area contributed by atoms with E-state index in [9.17, 15) is 9.90 Å². The van der Waals surface area contributed by atoms with Crippen molar-refractivity contribution in [2.24, 2.45) is 7.05 Å². The lowest BCUT2D eigenvalue weighted by molar-refractivity contribution is 0.0540. The molecule has 4 N–H and O–H groups in total. The van der Waals surface area contributed by atoms with Gasteiger partial charge in [0.1, 0.15) is 24.2 Å². The number of benzene rings is 2. The number of hydrogen-bond donors (Lipinski definition) is 4. The molecule has 160 valence electrons. The molecule has 0 aliphatic carbocycles. The van der Waals surface area contributed by atoms with Crippen molar-refractivity contribution in [3.63, 3.8) is 0 Å². The summed E-state index contributed by atoms with van der Waals surface area (Å²) in [5.74, 6) is 0.529. The number of amides is 1. The number of rotatable bonds is 7. The fraction of sp³-hybridized carbons (Fsp3) is 0.200. The maximum atomic E-state index is 13.1. The molecule has 1 atom stereocenters. The van der Waals surface area contributed by atoms with Crippen LogP contribution >= 0.6 is 15.9 Å². The summed E-state index contributed by atoms with van der Waals surface area (Å²) in [6.45, 7) is -0.456. The molecule has 0 fully saturated rings. The minimum Gasteiger partial charge on any atom is -0.489 e. The Morgan fingerprint density at radius 1 is 1.32 bits per heavy atom. The van der Waals surface area contributed by atoms with Crippen LogP contribution in [0.4, 0.5) is 5.69 Å². The third kappa shape index (κ3) is 4.29. The molecule has 0 unspecified atom stereocenters. The van der Waals surface area contributed by atoms with E-state index in [0.717, 1.165) is 9.86 Å². The number of ether oxygens (including phenoxy) is 1. The third-order valence-electron chi connectivity index (χ3n) is 4.71. The van der Waals surface area contributed by atoms with Gasteiger partial charge >= 0.3 is 0 Å².